The maximum atomic E-state index is 11.1. The van der Waals surface area contributed by atoms with Crippen LogP contribution in [0.2, 0.25) is 0 Å². The van der Waals surface area contributed by atoms with E-state index in [1.807, 2.05) is 25.1 Å². The Morgan fingerprint density at radius 2 is 1.90 bits per heavy atom. The monoisotopic (exact) mass is 510 g/mol. The lowest BCUT2D eigenvalue weighted by molar-refractivity contribution is -0.114. The van der Waals surface area contributed by atoms with Gasteiger partial charge >= 0.3 is 0 Å². The van der Waals surface area contributed by atoms with Crippen LogP contribution in [0.15, 0.2) is 47.5 Å². The van der Waals surface area contributed by atoms with Gasteiger partial charge in [0.25, 0.3) is 0 Å². The van der Waals surface area contributed by atoms with E-state index in [2.05, 4.69) is 53.0 Å². The Bertz CT molecular complexity index is 824. The van der Waals surface area contributed by atoms with Gasteiger partial charge in [0.1, 0.15) is 12.4 Å². The molecule has 0 heterocycles. The van der Waals surface area contributed by atoms with Gasteiger partial charge in [-0.05, 0) is 44.0 Å². The van der Waals surface area contributed by atoms with Crippen LogP contribution in [0.3, 0.4) is 0 Å². The number of ether oxygens (including phenoxy) is 1. The molecule has 0 aliphatic carbocycles. The Hall–Kier alpha value is -2.29. The molecular weight excluding hydrogens is 479 g/mol. The van der Waals surface area contributed by atoms with Gasteiger partial charge in [-0.15, -0.1) is 24.0 Å². The zero-order chi connectivity index (χ0) is 20.4. The molecule has 2 aromatic carbocycles. The average molecular weight is 510 g/mol. The zero-order valence-electron chi connectivity index (χ0n) is 17.5. The van der Waals surface area contributed by atoms with E-state index in [4.69, 9.17) is 4.74 Å². The normalized spacial score (nSPS) is 10.7. The molecule has 0 atom stereocenters. The summed E-state index contributed by atoms with van der Waals surface area (Å²) in [6.07, 6.45) is 0. The van der Waals surface area contributed by atoms with Gasteiger partial charge in [-0.2, -0.15) is 0 Å². The number of anilines is 1. The van der Waals surface area contributed by atoms with Crippen LogP contribution in [-0.2, 0) is 11.3 Å². The van der Waals surface area contributed by atoms with E-state index >= 15 is 0 Å². The number of guanidine groups is 1. The van der Waals surface area contributed by atoms with E-state index < -0.39 is 0 Å². The molecule has 0 aromatic heterocycles. The molecule has 158 valence electrons. The average Bonchev–Trinajstić information content (AvgIpc) is 2.64. The summed E-state index contributed by atoms with van der Waals surface area (Å²) >= 11 is 0. The van der Waals surface area contributed by atoms with Gasteiger partial charge in [-0.3, -0.25) is 4.79 Å². The smallest absolute Gasteiger partial charge is 0.221 e. The van der Waals surface area contributed by atoms with Crippen molar-refractivity contribution in [3.05, 3.63) is 59.2 Å². The Labute approximate surface area is 190 Å². The number of carbonyl (C=O) groups excluding carboxylic acids is 1. The fraction of sp³-hybridized carbons (Fsp3) is 0.364. The van der Waals surface area contributed by atoms with Crippen molar-refractivity contribution in [3.8, 4) is 5.75 Å². The van der Waals surface area contributed by atoms with Crippen molar-refractivity contribution >= 4 is 41.5 Å². The number of hydrogen-bond acceptors (Lipinski definition) is 3. The van der Waals surface area contributed by atoms with Crippen LogP contribution < -0.4 is 20.7 Å². The second-order valence-corrected chi connectivity index (χ2v) is 6.61. The minimum Gasteiger partial charge on any atom is -0.492 e. The Balaban J connectivity index is 0.00000420. The maximum absolute atomic E-state index is 11.1. The van der Waals surface area contributed by atoms with E-state index in [-0.39, 0.29) is 29.9 Å². The zero-order valence-corrected chi connectivity index (χ0v) is 19.9. The van der Waals surface area contributed by atoms with E-state index in [9.17, 15) is 4.79 Å². The van der Waals surface area contributed by atoms with E-state index in [0.29, 0.717) is 25.4 Å². The summed E-state index contributed by atoms with van der Waals surface area (Å²) in [4.78, 5) is 15.8. The standard InChI is InChI=1S/C22H30N4O2.HI/c1-5-23-22(25-15-19-10-9-16(2)13-17(19)3)24-11-12-28-21-8-6-7-20(14-21)26-18(4)27;/h6-10,13-14H,5,11-12,15H2,1-4H3,(H,26,27)(H2,23,24,25);1H. The third kappa shape index (κ3) is 9.17. The van der Waals surface area contributed by atoms with Crippen LogP contribution in [0.4, 0.5) is 5.69 Å². The highest BCUT2D eigenvalue weighted by Gasteiger charge is 2.02. The lowest BCUT2D eigenvalue weighted by Crippen LogP contribution is -2.39. The summed E-state index contributed by atoms with van der Waals surface area (Å²) in [5, 5.41) is 9.28. The number of nitrogens with zero attached hydrogens (tertiary/aromatic N) is 1. The highest BCUT2D eigenvalue weighted by molar-refractivity contribution is 14.0. The molecular formula is C22H31IN4O2. The van der Waals surface area contributed by atoms with Gasteiger partial charge in [-0.25, -0.2) is 4.99 Å². The Morgan fingerprint density at radius 1 is 1.10 bits per heavy atom. The number of nitrogens with one attached hydrogen (secondary N) is 3. The number of hydrogen-bond donors (Lipinski definition) is 3. The summed E-state index contributed by atoms with van der Waals surface area (Å²) in [5.74, 6) is 1.37. The molecule has 0 spiro atoms. The molecule has 0 fully saturated rings. The first kappa shape index (κ1) is 24.7. The van der Waals surface area contributed by atoms with Crippen LogP contribution in [0.5, 0.6) is 5.75 Å². The molecule has 0 radical (unpaired) electrons. The third-order valence-corrected chi connectivity index (χ3v) is 4.07. The quantitative estimate of drug-likeness (QED) is 0.217. The minimum absolute atomic E-state index is 0. The van der Waals surface area contributed by atoms with Crippen molar-refractivity contribution < 1.29 is 9.53 Å². The Kier molecular flexibility index (Phi) is 11.1. The summed E-state index contributed by atoms with van der Waals surface area (Å²) in [6, 6.07) is 13.8. The highest BCUT2D eigenvalue weighted by atomic mass is 127. The van der Waals surface area contributed by atoms with Crippen LogP contribution in [0.25, 0.3) is 0 Å². The molecule has 1 amide bonds. The number of halogens is 1. The summed E-state index contributed by atoms with van der Waals surface area (Å²) in [6.45, 7) is 10.2. The topological polar surface area (TPSA) is 74.8 Å². The molecule has 0 unspecified atom stereocenters. The molecule has 29 heavy (non-hydrogen) atoms. The maximum Gasteiger partial charge on any atom is 0.221 e. The molecule has 3 N–H and O–H groups in total. The van der Waals surface area contributed by atoms with Gasteiger partial charge in [0, 0.05) is 25.2 Å². The number of aliphatic imine (C=N–C) groups is 1. The van der Waals surface area contributed by atoms with Gasteiger partial charge in [0.2, 0.25) is 5.91 Å². The van der Waals surface area contributed by atoms with Crippen molar-refractivity contribution in [1.29, 1.82) is 0 Å². The minimum atomic E-state index is -0.103. The summed E-state index contributed by atoms with van der Waals surface area (Å²) in [5.41, 5.74) is 4.45. The lowest BCUT2D eigenvalue weighted by atomic mass is 10.1. The summed E-state index contributed by atoms with van der Waals surface area (Å²) < 4.78 is 5.76. The summed E-state index contributed by atoms with van der Waals surface area (Å²) in [7, 11) is 0. The fourth-order valence-corrected chi connectivity index (χ4v) is 2.73. The van der Waals surface area contributed by atoms with Crippen LogP contribution in [-0.4, -0.2) is 31.6 Å². The largest absolute Gasteiger partial charge is 0.492 e. The van der Waals surface area contributed by atoms with Crippen molar-refractivity contribution in [2.45, 2.75) is 34.2 Å². The molecule has 2 aromatic rings. The van der Waals surface area contributed by atoms with Gasteiger partial charge in [-0.1, -0.05) is 29.8 Å². The number of rotatable bonds is 8. The number of benzene rings is 2. The predicted octanol–water partition coefficient (Wildman–Crippen LogP) is 4.01. The molecule has 0 saturated carbocycles. The SMILES string of the molecule is CCNC(=NCc1ccc(C)cc1C)NCCOc1cccc(NC(C)=O)c1.I. The molecule has 0 bridgehead atoms. The first-order valence-corrected chi connectivity index (χ1v) is 9.56. The number of amides is 1. The van der Waals surface area contributed by atoms with E-state index in [0.717, 1.165) is 18.2 Å². The van der Waals surface area contributed by atoms with Crippen molar-refractivity contribution in [2.75, 3.05) is 25.0 Å². The van der Waals surface area contributed by atoms with Gasteiger partial charge < -0.3 is 20.7 Å². The van der Waals surface area contributed by atoms with Crippen molar-refractivity contribution in [1.82, 2.24) is 10.6 Å². The second-order valence-electron chi connectivity index (χ2n) is 6.61. The van der Waals surface area contributed by atoms with Crippen molar-refractivity contribution in [3.63, 3.8) is 0 Å². The van der Waals surface area contributed by atoms with E-state index in [1.54, 1.807) is 6.07 Å². The van der Waals surface area contributed by atoms with Gasteiger partial charge in [0.15, 0.2) is 5.96 Å². The first-order chi connectivity index (χ1) is 13.5. The molecule has 0 aliphatic rings. The highest BCUT2D eigenvalue weighted by Crippen LogP contribution is 2.17. The Morgan fingerprint density at radius 3 is 2.59 bits per heavy atom. The van der Waals surface area contributed by atoms with Crippen molar-refractivity contribution in [2.24, 2.45) is 4.99 Å². The molecule has 0 saturated heterocycles. The predicted molar refractivity (Wildman–Crippen MR) is 130 cm³/mol. The van der Waals surface area contributed by atoms with Crippen LogP contribution in [0, 0.1) is 13.8 Å². The molecule has 7 heteroatoms. The second kappa shape index (κ2) is 13.0. The number of carbonyl (C=O) groups is 1. The lowest BCUT2D eigenvalue weighted by Gasteiger charge is -2.13. The first-order valence-electron chi connectivity index (χ1n) is 9.56. The molecule has 2 rings (SSSR count). The van der Waals surface area contributed by atoms with Crippen LogP contribution >= 0.6 is 24.0 Å². The van der Waals surface area contributed by atoms with Crippen LogP contribution in [0.1, 0.15) is 30.5 Å². The third-order valence-electron chi connectivity index (χ3n) is 4.07. The number of aryl methyl sites for hydroxylation is 2. The molecule has 6 nitrogen and oxygen atoms in total. The van der Waals surface area contributed by atoms with E-state index in [1.165, 1.54) is 23.6 Å². The van der Waals surface area contributed by atoms with Gasteiger partial charge in [0.05, 0.1) is 13.1 Å². The fourth-order valence-electron chi connectivity index (χ4n) is 2.73. The molecule has 0 aliphatic heterocycles.